The lowest BCUT2D eigenvalue weighted by Crippen LogP contribution is -2.23. The second-order valence-electron chi connectivity index (χ2n) is 5.50. The molecule has 100 valence electrons. The summed E-state index contributed by atoms with van der Waals surface area (Å²) in [4.78, 5) is 0. The van der Waals surface area contributed by atoms with Crippen molar-refractivity contribution in [3.05, 3.63) is 34.9 Å². The lowest BCUT2D eigenvalue weighted by Gasteiger charge is -2.25. The monoisotopic (exact) mass is 266 g/mol. The van der Waals surface area contributed by atoms with Crippen LogP contribution in [0.1, 0.15) is 50.5 Å². The molecule has 1 aromatic carbocycles. The van der Waals surface area contributed by atoms with Gasteiger partial charge in [-0.1, -0.05) is 55.8 Å². The van der Waals surface area contributed by atoms with Crippen LogP contribution < -0.4 is 0 Å². The van der Waals surface area contributed by atoms with Crippen molar-refractivity contribution in [1.82, 2.24) is 0 Å². The van der Waals surface area contributed by atoms with E-state index < -0.39 is 0 Å². The van der Waals surface area contributed by atoms with E-state index in [2.05, 4.69) is 0 Å². The minimum Gasteiger partial charge on any atom is -0.392 e. The average molecular weight is 267 g/mol. The lowest BCUT2D eigenvalue weighted by atomic mass is 9.85. The Morgan fingerprint density at radius 3 is 2.17 bits per heavy atom. The molecule has 0 saturated heterocycles. The minimum atomic E-state index is -0.190. The molecule has 1 nitrogen and oxygen atoms in total. The van der Waals surface area contributed by atoms with Crippen LogP contribution in [0.4, 0.5) is 0 Å². The predicted molar refractivity (Wildman–Crippen MR) is 77.0 cm³/mol. The second kappa shape index (κ2) is 7.16. The number of hydrogen-bond acceptors (Lipinski definition) is 1. The number of aliphatic hydroxyl groups excluding tert-OH is 1. The zero-order valence-corrected chi connectivity index (χ0v) is 11.7. The van der Waals surface area contributed by atoms with Gasteiger partial charge in [-0.3, -0.25) is 0 Å². The molecule has 2 rings (SSSR count). The van der Waals surface area contributed by atoms with Crippen LogP contribution in [0, 0.1) is 5.92 Å². The fourth-order valence-electron chi connectivity index (χ4n) is 2.90. The molecule has 18 heavy (non-hydrogen) atoms. The molecule has 0 aliphatic heterocycles. The standard InChI is InChI=1S/C16H23ClO/c17-15-10-8-13(9-11-15)12-16(18)14-6-4-2-1-3-5-7-14/h8-11,14,16,18H,1-7,12H2. The molecule has 1 aromatic rings. The number of halogens is 1. The summed E-state index contributed by atoms with van der Waals surface area (Å²) in [6.07, 6.45) is 9.56. The van der Waals surface area contributed by atoms with Gasteiger partial charge in [-0.15, -0.1) is 0 Å². The molecule has 1 aliphatic carbocycles. The SMILES string of the molecule is OC(Cc1ccc(Cl)cc1)C1CCCCCCC1. The second-order valence-corrected chi connectivity index (χ2v) is 5.94. The molecule has 1 N–H and O–H groups in total. The van der Waals surface area contributed by atoms with Crippen LogP contribution in [0.2, 0.25) is 5.02 Å². The number of rotatable bonds is 3. The van der Waals surface area contributed by atoms with Crippen LogP contribution in [0.15, 0.2) is 24.3 Å². The van der Waals surface area contributed by atoms with Crippen molar-refractivity contribution in [2.45, 2.75) is 57.5 Å². The third-order valence-electron chi connectivity index (χ3n) is 4.05. The molecule has 1 unspecified atom stereocenters. The molecule has 0 amide bonds. The van der Waals surface area contributed by atoms with Crippen molar-refractivity contribution in [2.24, 2.45) is 5.92 Å². The highest BCUT2D eigenvalue weighted by molar-refractivity contribution is 6.30. The summed E-state index contributed by atoms with van der Waals surface area (Å²) in [5, 5.41) is 11.1. The quantitative estimate of drug-likeness (QED) is 0.847. The van der Waals surface area contributed by atoms with Gasteiger partial charge in [0.15, 0.2) is 0 Å². The molecule has 0 heterocycles. The molecule has 1 saturated carbocycles. The van der Waals surface area contributed by atoms with Gasteiger partial charge in [-0.05, 0) is 42.9 Å². The summed E-state index contributed by atoms with van der Waals surface area (Å²) in [5.41, 5.74) is 1.19. The molecule has 1 atom stereocenters. The van der Waals surface area contributed by atoms with Gasteiger partial charge in [0.2, 0.25) is 0 Å². The van der Waals surface area contributed by atoms with Crippen LogP contribution in [-0.4, -0.2) is 11.2 Å². The van der Waals surface area contributed by atoms with Crippen molar-refractivity contribution >= 4 is 11.6 Å². The Hall–Kier alpha value is -0.530. The van der Waals surface area contributed by atoms with Gasteiger partial charge >= 0.3 is 0 Å². The van der Waals surface area contributed by atoms with E-state index in [-0.39, 0.29) is 6.10 Å². The third kappa shape index (κ3) is 4.29. The largest absolute Gasteiger partial charge is 0.392 e. The number of aliphatic hydroxyl groups is 1. The van der Waals surface area contributed by atoms with E-state index in [1.807, 2.05) is 24.3 Å². The first-order chi connectivity index (χ1) is 8.75. The summed E-state index contributed by atoms with van der Waals surface area (Å²) in [6.45, 7) is 0. The molecule has 1 fully saturated rings. The Balaban J connectivity index is 1.89. The Morgan fingerprint density at radius 1 is 1.00 bits per heavy atom. The van der Waals surface area contributed by atoms with Crippen molar-refractivity contribution < 1.29 is 5.11 Å². The van der Waals surface area contributed by atoms with Gasteiger partial charge in [0, 0.05) is 5.02 Å². The minimum absolute atomic E-state index is 0.190. The van der Waals surface area contributed by atoms with Gasteiger partial charge in [0.1, 0.15) is 0 Å². The lowest BCUT2D eigenvalue weighted by molar-refractivity contribution is 0.0913. The van der Waals surface area contributed by atoms with E-state index in [4.69, 9.17) is 11.6 Å². The van der Waals surface area contributed by atoms with Gasteiger partial charge in [-0.2, -0.15) is 0 Å². The highest BCUT2D eigenvalue weighted by Gasteiger charge is 2.20. The zero-order valence-electron chi connectivity index (χ0n) is 10.9. The van der Waals surface area contributed by atoms with Crippen LogP contribution in [0.25, 0.3) is 0 Å². The average Bonchev–Trinajstić information content (AvgIpc) is 2.31. The molecule has 0 aromatic heterocycles. The van der Waals surface area contributed by atoms with Crippen LogP contribution in [-0.2, 0) is 6.42 Å². The Labute approximate surface area is 115 Å². The van der Waals surface area contributed by atoms with Gasteiger partial charge in [0.05, 0.1) is 6.10 Å². The van der Waals surface area contributed by atoms with Crippen LogP contribution in [0.3, 0.4) is 0 Å². The van der Waals surface area contributed by atoms with E-state index in [1.54, 1.807) is 0 Å². The molecular weight excluding hydrogens is 244 g/mol. The van der Waals surface area contributed by atoms with Crippen LogP contribution in [0.5, 0.6) is 0 Å². The van der Waals surface area contributed by atoms with E-state index in [0.717, 1.165) is 11.4 Å². The maximum absolute atomic E-state index is 10.4. The first-order valence-corrected chi connectivity index (χ1v) is 7.56. The fraction of sp³-hybridized carbons (Fsp3) is 0.625. The topological polar surface area (TPSA) is 20.2 Å². The van der Waals surface area contributed by atoms with E-state index in [0.29, 0.717) is 5.92 Å². The highest BCUT2D eigenvalue weighted by atomic mass is 35.5. The molecular formula is C16H23ClO. The van der Waals surface area contributed by atoms with Crippen molar-refractivity contribution in [1.29, 1.82) is 0 Å². The van der Waals surface area contributed by atoms with Crippen molar-refractivity contribution in [2.75, 3.05) is 0 Å². The molecule has 1 aliphatic rings. The molecule has 0 radical (unpaired) electrons. The van der Waals surface area contributed by atoms with Crippen molar-refractivity contribution in [3.8, 4) is 0 Å². The fourth-order valence-corrected chi connectivity index (χ4v) is 3.03. The summed E-state index contributed by atoms with van der Waals surface area (Å²) in [6, 6.07) is 7.85. The Bertz CT molecular complexity index is 339. The number of hydrogen-bond donors (Lipinski definition) is 1. The summed E-state index contributed by atoms with van der Waals surface area (Å²) < 4.78 is 0. The maximum Gasteiger partial charge on any atom is 0.0608 e. The summed E-state index contributed by atoms with van der Waals surface area (Å²) in [5.74, 6) is 0.487. The van der Waals surface area contributed by atoms with E-state index >= 15 is 0 Å². The zero-order chi connectivity index (χ0) is 12.8. The van der Waals surface area contributed by atoms with Gasteiger partial charge in [-0.25, -0.2) is 0 Å². The Kier molecular flexibility index (Phi) is 5.52. The van der Waals surface area contributed by atoms with Gasteiger partial charge in [0.25, 0.3) is 0 Å². The highest BCUT2D eigenvalue weighted by Crippen LogP contribution is 2.26. The first-order valence-electron chi connectivity index (χ1n) is 7.18. The van der Waals surface area contributed by atoms with Gasteiger partial charge < -0.3 is 5.11 Å². The normalized spacial score (nSPS) is 20.1. The molecule has 0 spiro atoms. The van der Waals surface area contributed by atoms with Crippen molar-refractivity contribution in [3.63, 3.8) is 0 Å². The smallest absolute Gasteiger partial charge is 0.0608 e. The first kappa shape index (κ1) is 13.9. The predicted octanol–water partition coefficient (Wildman–Crippen LogP) is 4.60. The molecule has 2 heteroatoms. The molecule has 0 bridgehead atoms. The summed E-state index contributed by atoms with van der Waals surface area (Å²) >= 11 is 5.87. The van der Waals surface area contributed by atoms with E-state index in [9.17, 15) is 5.11 Å². The third-order valence-corrected chi connectivity index (χ3v) is 4.30. The number of benzene rings is 1. The van der Waals surface area contributed by atoms with Crippen LogP contribution >= 0.6 is 11.6 Å². The summed E-state index contributed by atoms with van der Waals surface area (Å²) in [7, 11) is 0. The maximum atomic E-state index is 10.4. The Morgan fingerprint density at radius 2 is 1.56 bits per heavy atom. The van der Waals surface area contributed by atoms with E-state index in [1.165, 1.54) is 50.5 Å².